The first-order valence-corrected chi connectivity index (χ1v) is 10.1. The van der Waals surface area contributed by atoms with E-state index in [4.69, 9.17) is 0 Å². The number of benzene rings is 1. The topological polar surface area (TPSA) is 59.1 Å². The minimum Gasteiger partial charge on any atom is -0.347 e. The maximum atomic E-state index is 12.5. The molecule has 0 bridgehead atoms. The largest absolute Gasteiger partial charge is 0.347 e. The zero-order chi connectivity index (χ0) is 18.2. The third-order valence-corrected chi connectivity index (χ3v) is 5.57. The summed E-state index contributed by atoms with van der Waals surface area (Å²) in [5, 5.41) is 5.55. The van der Waals surface area contributed by atoms with Gasteiger partial charge < -0.3 is 5.32 Å². The molecule has 26 heavy (non-hydrogen) atoms. The molecule has 3 rings (SSSR count). The van der Waals surface area contributed by atoms with Gasteiger partial charge in [-0.1, -0.05) is 36.4 Å². The fourth-order valence-corrected chi connectivity index (χ4v) is 3.94. The minimum absolute atomic E-state index is 0.0951. The molecule has 0 atom stereocenters. The summed E-state index contributed by atoms with van der Waals surface area (Å²) >= 11 is 3.04. The van der Waals surface area contributed by atoms with Gasteiger partial charge in [0.05, 0.1) is 12.1 Å². The highest BCUT2D eigenvalue weighted by atomic mass is 32.2. The van der Waals surface area contributed by atoms with E-state index in [-0.39, 0.29) is 11.7 Å². The molecule has 1 aromatic carbocycles. The Kier molecular flexibility index (Phi) is 6.57. The molecule has 0 saturated carbocycles. The van der Waals surface area contributed by atoms with Gasteiger partial charge in [0.25, 0.3) is 5.91 Å². The number of aromatic nitrogens is 1. The van der Waals surface area contributed by atoms with Crippen LogP contribution in [0.2, 0.25) is 0 Å². The molecule has 0 spiro atoms. The standard InChI is InChI=1S/C20H18N2O2S2/c23-18(15-6-2-1-3-7-15)10-13-26-20-17(9-4-11-21-20)19(24)22-14-16-8-5-12-25-16/h1-9,11-12H,10,13-14H2,(H,22,24). The molecule has 2 heterocycles. The van der Waals surface area contributed by atoms with Crippen LogP contribution in [0, 0.1) is 0 Å². The van der Waals surface area contributed by atoms with Crippen molar-refractivity contribution < 1.29 is 9.59 Å². The van der Waals surface area contributed by atoms with Crippen LogP contribution in [0.4, 0.5) is 0 Å². The van der Waals surface area contributed by atoms with Crippen molar-refractivity contribution >= 4 is 34.8 Å². The lowest BCUT2D eigenvalue weighted by atomic mass is 10.1. The van der Waals surface area contributed by atoms with E-state index >= 15 is 0 Å². The van der Waals surface area contributed by atoms with Gasteiger partial charge in [0.15, 0.2) is 5.78 Å². The fourth-order valence-electron chi connectivity index (χ4n) is 2.36. The number of pyridine rings is 1. The van der Waals surface area contributed by atoms with Gasteiger partial charge in [-0.25, -0.2) is 4.98 Å². The predicted octanol–water partition coefficient (Wildman–Crippen LogP) is 4.44. The first kappa shape index (κ1) is 18.4. The second-order valence-electron chi connectivity index (χ2n) is 5.51. The molecule has 3 aromatic rings. The van der Waals surface area contributed by atoms with Crippen molar-refractivity contribution in [3.63, 3.8) is 0 Å². The minimum atomic E-state index is -0.150. The first-order chi connectivity index (χ1) is 12.7. The van der Waals surface area contributed by atoms with Gasteiger partial charge in [-0.2, -0.15) is 0 Å². The SMILES string of the molecule is O=C(CCSc1ncccc1C(=O)NCc1cccs1)c1ccccc1. The molecule has 0 aliphatic heterocycles. The molecule has 6 heteroatoms. The summed E-state index contributed by atoms with van der Waals surface area (Å²) in [5.41, 5.74) is 1.25. The fraction of sp³-hybridized carbons (Fsp3) is 0.150. The Morgan fingerprint density at radius 3 is 2.65 bits per heavy atom. The summed E-state index contributed by atoms with van der Waals surface area (Å²) in [4.78, 5) is 30.0. The van der Waals surface area contributed by atoms with E-state index in [0.717, 1.165) is 4.88 Å². The van der Waals surface area contributed by atoms with Gasteiger partial charge in [0, 0.05) is 28.8 Å². The highest BCUT2D eigenvalue weighted by molar-refractivity contribution is 7.99. The molecule has 0 radical (unpaired) electrons. The molecule has 0 unspecified atom stereocenters. The molecule has 0 saturated heterocycles. The van der Waals surface area contributed by atoms with Gasteiger partial charge in [-0.15, -0.1) is 23.1 Å². The van der Waals surface area contributed by atoms with E-state index in [1.807, 2.05) is 47.8 Å². The van der Waals surface area contributed by atoms with Crippen LogP contribution in [0.15, 0.2) is 71.2 Å². The third kappa shape index (κ3) is 5.03. The number of ketones is 1. The number of nitrogens with one attached hydrogen (secondary N) is 1. The van der Waals surface area contributed by atoms with Crippen LogP contribution >= 0.6 is 23.1 Å². The van der Waals surface area contributed by atoms with E-state index < -0.39 is 0 Å². The monoisotopic (exact) mass is 382 g/mol. The van der Waals surface area contributed by atoms with Crippen molar-refractivity contribution in [2.75, 3.05) is 5.75 Å². The van der Waals surface area contributed by atoms with Crippen LogP contribution in [0.25, 0.3) is 0 Å². The molecular formula is C20H18N2O2S2. The van der Waals surface area contributed by atoms with Crippen molar-refractivity contribution in [2.24, 2.45) is 0 Å². The maximum absolute atomic E-state index is 12.5. The summed E-state index contributed by atoms with van der Waals surface area (Å²) in [6, 6.07) is 16.7. The van der Waals surface area contributed by atoms with Gasteiger partial charge in [-0.3, -0.25) is 9.59 Å². The van der Waals surface area contributed by atoms with Crippen LogP contribution in [-0.2, 0) is 6.54 Å². The van der Waals surface area contributed by atoms with E-state index in [0.29, 0.717) is 34.9 Å². The number of amides is 1. The summed E-state index contributed by atoms with van der Waals surface area (Å²) in [7, 11) is 0. The maximum Gasteiger partial charge on any atom is 0.254 e. The van der Waals surface area contributed by atoms with Gasteiger partial charge in [0.1, 0.15) is 5.03 Å². The normalized spacial score (nSPS) is 10.5. The van der Waals surface area contributed by atoms with Crippen molar-refractivity contribution in [3.8, 4) is 0 Å². The second kappa shape index (κ2) is 9.31. The molecule has 2 aromatic heterocycles. The number of hydrogen-bond donors (Lipinski definition) is 1. The first-order valence-electron chi connectivity index (χ1n) is 8.20. The van der Waals surface area contributed by atoms with Crippen molar-refractivity contribution in [1.82, 2.24) is 10.3 Å². The average molecular weight is 383 g/mol. The third-order valence-electron chi connectivity index (χ3n) is 3.68. The number of nitrogens with zero attached hydrogens (tertiary/aromatic N) is 1. The van der Waals surface area contributed by atoms with E-state index in [1.54, 1.807) is 29.7 Å². The van der Waals surface area contributed by atoms with Crippen LogP contribution in [0.5, 0.6) is 0 Å². The van der Waals surface area contributed by atoms with E-state index in [9.17, 15) is 9.59 Å². The Hall–Kier alpha value is -2.44. The van der Waals surface area contributed by atoms with Crippen LogP contribution in [-0.4, -0.2) is 22.4 Å². The molecule has 1 amide bonds. The quantitative estimate of drug-likeness (QED) is 0.462. The highest BCUT2D eigenvalue weighted by Crippen LogP contribution is 2.21. The van der Waals surface area contributed by atoms with Crippen molar-refractivity contribution in [1.29, 1.82) is 0 Å². The lowest BCUT2D eigenvalue weighted by Crippen LogP contribution is -2.23. The Morgan fingerprint density at radius 2 is 1.88 bits per heavy atom. The van der Waals surface area contributed by atoms with Gasteiger partial charge in [-0.05, 0) is 23.6 Å². The lowest BCUT2D eigenvalue weighted by molar-refractivity contribution is 0.0946. The van der Waals surface area contributed by atoms with Crippen LogP contribution < -0.4 is 5.32 Å². The number of thioether (sulfide) groups is 1. The number of carbonyl (C=O) groups is 2. The second-order valence-corrected chi connectivity index (χ2v) is 7.62. The Balaban J connectivity index is 1.56. The van der Waals surface area contributed by atoms with Crippen molar-refractivity contribution in [2.45, 2.75) is 18.0 Å². The van der Waals surface area contributed by atoms with Crippen molar-refractivity contribution in [3.05, 3.63) is 82.2 Å². The molecule has 4 nitrogen and oxygen atoms in total. The average Bonchev–Trinajstić information content (AvgIpc) is 3.21. The molecule has 0 fully saturated rings. The summed E-state index contributed by atoms with van der Waals surface area (Å²) < 4.78 is 0. The van der Waals surface area contributed by atoms with E-state index in [2.05, 4.69) is 10.3 Å². The Bertz CT molecular complexity index is 865. The van der Waals surface area contributed by atoms with Crippen LogP contribution in [0.1, 0.15) is 32.0 Å². The number of carbonyl (C=O) groups excluding carboxylic acids is 2. The number of hydrogen-bond acceptors (Lipinski definition) is 5. The summed E-state index contributed by atoms with van der Waals surface area (Å²) in [5.74, 6) is 0.525. The highest BCUT2D eigenvalue weighted by Gasteiger charge is 2.13. The Morgan fingerprint density at radius 1 is 1.04 bits per heavy atom. The molecular weight excluding hydrogens is 364 g/mol. The smallest absolute Gasteiger partial charge is 0.254 e. The van der Waals surface area contributed by atoms with Gasteiger partial charge >= 0.3 is 0 Å². The van der Waals surface area contributed by atoms with E-state index in [1.165, 1.54) is 11.8 Å². The zero-order valence-corrected chi connectivity index (χ0v) is 15.7. The molecule has 0 aliphatic carbocycles. The summed E-state index contributed by atoms with van der Waals surface area (Å²) in [6.07, 6.45) is 2.07. The zero-order valence-electron chi connectivity index (χ0n) is 14.1. The molecule has 1 N–H and O–H groups in total. The molecule has 0 aliphatic rings. The number of rotatable bonds is 8. The molecule has 132 valence electrons. The van der Waals surface area contributed by atoms with Gasteiger partial charge in [0.2, 0.25) is 0 Å². The lowest BCUT2D eigenvalue weighted by Gasteiger charge is -2.08. The Labute approximate surface area is 160 Å². The number of thiophene rings is 1. The summed E-state index contributed by atoms with van der Waals surface area (Å²) in [6.45, 7) is 0.502. The number of Topliss-reactive ketones (excluding diaryl/α,β-unsaturated/α-hetero) is 1. The van der Waals surface area contributed by atoms with Crippen LogP contribution in [0.3, 0.4) is 0 Å². The predicted molar refractivity (Wildman–Crippen MR) is 106 cm³/mol.